The monoisotopic (exact) mass is 542 g/mol. The summed E-state index contributed by atoms with van der Waals surface area (Å²) in [6, 6.07) is 13.9. The highest BCUT2D eigenvalue weighted by atomic mass is 32.2. The number of piperidine rings is 1. The summed E-state index contributed by atoms with van der Waals surface area (Å²) in [5.41, 5.74) is 2.11. The molecule has 2 aromatic rings. The molecule has 0 spiro atoms. The molecule has 4 atom stereocenters. The molecule has 1 saturated heterocycles. The molecule has 38 heavy (non-hydrogen) atoms. The zero-order valence-electron chi connectivity index (χ0n) is 23.1. The van der Waals surface area contributed by atoms with Gasteiger partial charge < -0.3 is 15.0 Å². The topological polar surface area (TPSA) is 91.8 Å². The first-order valence-electron chi connectivity index (χ1n) is 13.7. The second-order valence-electron chi connectivity index (χ2n) is 10.9. The fourth-order valence-corrected chi connectivity index (χ4v) is 5.77. The number of sulfonamides is 1. The van der Waals surface area contributed by atoms with Crippen LogP contribution in [0.5, 0.6) is 0 Å². The maximum atomic E-state index is 13.5. The zero-order chi connectivity index (χ0) is 27.3. The summed E-state index contributed by atoms with van der Waals surface area (Å²) in [5.74, 6) is 2.74. The first-order valence-corrected chi connectivity index (χ1v) is 15.5. The average Bonchev–Trinajstić information content (AvgIpc) is 3.63. The molecule has 1 N–H and O–H groups in total. The van der Waals surface area contributed by atoms with Crippen molar-refractivity contribution in [3.05, 3.63) is 53.6 Å². The number of nitrogens with zero attached hydrogens (tertiary/aromatic N) is 3. The summed E-state index contributed by atoms with van der Waals surface area (Å²) in [4.78, 5) is 20.4. The molecule has 1 aromatic carbocycles. The SMILES string of the molecule is COCCN(C[C@H]1C[C@@H]1C)c1cc(CCC(=O)[C@H]2NCCC[C@H]2c2ccccc2)cc(N(C)S(C)(=O)=O)n1. The number of benzene rings is 1. The zero-order valence-corrected chi connectivity index (χ0v) is 23.9. The summed E-state index contributed by atoms with van der Waals surface area (Å²) in [5, 5.41) is 3.47. The average molecular weight is 543 g/mol. The minimum atomic E-state index is -3.49. The molecule has 4 rings (SSSR count). The smallest absolute Gasteiger partial charge is 0.233 e. The maximum absolute atomic E-state index is 13.5. The Balaban J connectivity index is 1.56. The van der Waals surface area contributed by atoms with E-state index in [0.717, 1.165) is 37.3 Å². The molecule has 8 nitrogen and oxygen atoms in total. The van der Waals surface area contributed by atoms with Gasteiger partial charge in [-0.25, -0.2) is 13.4 Å². The summed E-state index contributed by atoms with van der Waals surface area (Å²) < 4.78 is 31.3. The van der Waals surface area contributed by atoms with Gasteiger partial charge in [0, 0.05) is 39.6 Å². The summed E-state index contributed by atoms with van der Waals surface area (Å²) in [6.07, 6.45) is 5.31. The fourth-order valence-electron chi connectivity index (χ4n) is 5.34. The van der Waals surface area contributed by atoms with Gasteiger partial charge >= 0.3 is 0 Å². The number of aryl methyl sites for hydroxylation is 1. The number of pyridine rings is 1. The number of hydrogen-bond donors (Lipinski definition) is 1. The third-order valence-corrected chi connectivity index (χ3v) is 9.17. The van der Waals surface area contributed by atoms with E-state index in [9.17, 15) is 13.2 Å². The van der Waals surface area contributed by atoms with Gasteiger partial charge in [0.1, 0.15) is 11.6 Å². The molecule has 1 aliphatic heterocycles. The third-order valence-electron chi connectivity index (χ3n) is 7.99. The van der Waals surface area contributed by atoms with Crippen LogP contribution in [0.25, 0.3) is 0 Å². The molecule has 0 amide bonds. The number of carbonyl (C=O) groups is 1. The van der Waals surface area contributed by atoms with Gasteiger partial charge in [0.25, 0.3) is 0 Å². The van der Waals surface area contributed by atoms with Crippen LogP contribution in [0.4, 0.5) is 11.6 Å². The van der Waals surface area contributed by atoms with Gasteiger partial charge in [0.15, 0.2) is 5.78 Å². The number of rotatable bonds is 13. The van der Waals surface area contributed by atoms with Crippen molar-refractivity contribution in [1.82, 2.24) is 10.3 Å². The van der Waals surface area contributed by atoms with Crippen LogP contribution >= 0.6 is 0 Å². The van der Waals surface area contributed by atoms with Crippen molar-refractivity contribution in [2.75, 3.05) is 55.9 Å². The van der Waals surface area contributed by atoms with E-state index in [-0.39, 0.29) is 17.7 Å². The Labute approximate surface area is 227 Å². The van der Waals surface area contributed by atoms with Crippen molar-refractivity contribution in [3.63, 3.8) is 0 Å². The number of carbonyl (C=O) groups excluding carboxylic acids is 1. The molecular weight excluding hydrogens is 500 g/mol. The van der Waals surface area contributed by atoms with Crippen molar-refractivity contribution in [2.45, 2.75) is 51.0 Å². The lowest BCUT2D eigenvalue weighted by atomic mass is 9.81. The molecule has 0 bridgehead atoms. The molecule has 1 aromatic heterocycles. The third kappa shape index (κ3) is 7.33. The van der Waals surface area contributed by atoms with Crippen LogP contribution in [-0.2, 0) is 26.0 Å². The molecule has 9 heteroatoms. The normalized spacial score (nSPS) is 23.2. The van der Waals surface area contributed by atoms with Gasteiger partial charge in [-0.1, -0.05) is 37.3 Å². The number of ketones is 1. The van der Waals surface area contributed by atoms with Crippen molar-refractivity contribution >= 4 is 27.4 Å². The number of aromatic nitrogens is 1. The minimum absolute atomic E-state index is 0.169. The van der Waals surface area contributed by atoms with Gasteiger partial charge in [-0.3, -0.25) is 9.10 Å². The number of anilines is 2. The van der Waals surface area contributed by atoms with Gasteiger partial charge in [0.2, 0.25) is 10.0 Å². The number of Topliss-reactive ketones (excluding diaryl/α,β-unsaturated/α-hetero) is 1. The van der Waals surface area contributed by atoms with E-state index >= 15 is 0 Å². The van der Waals surface area contributed by atoms with E-state index in [2.05, 4.69) is 29.3 Å². The molecule has 0 radical (unpaired) electrons. The van der Waals surface area contributed by atoms with Gasteiger partial charge in [0.05, 0.1) is 18.9 Å². The molecule has 1 saturated carbocycles. The molecule has 1 aliphatic carbocycles. The quantitative estimate of drug-likeness (QED) is 0.413. The molecule has 2 fully saturated rings. The fraction of sp³-hybridized carbons (Fsp3) is 0.586. The molecule has 0 unspecified atom stereocenters. The van der Waals surface area contributed by atoms with Gasteiger partial charge in [-0.05, 0) is 67.3 Å². The Bertz CT molecular complexity index is 1190. The summed E-state index contributed by atoms with van der Waals surface area (Å²) in [7, 11) is -0.285. The van der Waals surface area contributed by atoms with Crippen molar-refractivity contribution in [1.29, 1.82) is 0 Å². The first-order chi connectivity index (χ1) is 18.2. The predicted molar refractivity (Wildman–Crippen MR) is 152 cm³/mol. The Morgan fingerprint density at radius 3 is 2.55 bits per heavy atom. The predicted octanol–water partition coefficient (Wildman–Crippen LogP) is 3.62. The minimum Gasteiger partial charge on any atom is -0.383 e. The number of hydrogen-bond acceptors (Lipinski definition) is 7. The highest BCUT2D eigenvalue weighted by molar-refractivity contribution is 7.92. The van der Waals surface area contributed by atoms with E-state index in [1.807, 2.05) is 24.3 Å². The second-order valence-corrected chi connectivity index (χ2v) is 12.9. The van der Waals surface area contributed by atoms with Crippen LogP contribution in [-0.4, -0.2) is 71.9 Å². The van der Waals surface area contributed by atoms with E-state index < -0.39 is 10.0 Å². The molecule has 2 aliphatic rings. The first kappa shape index (κ1) is 28.5. The van der Waals surface area contributed by atoms with Crippen LogP contribution in [0.15, 0.2) is 42.5 Å². The Morgan fingerprint density at radius 1 is 1.18 bits per heavy atom. The van der Waals surface area contributed by atoms with Crippen molar-refractivity contribution < 1.29 is 17.9 Å². The van der Waals surface area contributed by atoms with Crippen molar-refractivity contribution in [3.8, 4) is 0 Å². The summed E-state index contributed by atoms with van der Waals surface area (Å²) >= 11 is 0. The van der Waals surface area contributed by atoms with Gasteiger partial charge in [-0.2, -0.15) is 0 Å². The number of methoxy groups -OCH3 is 1. The van der Waals surface area contributed by atoms with Crippen LogP contribution < -0.4 is 14.5 Å². The Morgan fingerprint density at radius 2 is 1.89 bits per heavy atom. The molecule has 208 valence electrons. The summed E-state index contributed by atoms with van der Waals surface area (Å²) in [6.45, 7) is 5.17. The Kier molecular flexibility index (Phi) is 9.44. The van der Waals surface area contributed by atoms with E-state index in [0.29, 0.717) is 43.6 Å². The highest BCUT2D eigenvalue weighted by Gasteiger charge is 2.35. The number of nitrogens with one attached hydrogen (secondary N) is 1. The van der Waals surface area contributed by atoms with E-state index in [1.165, 1.54) is 29.6 Å². The van der Waals surface area contributed by atoms with Crippen LogP contribution in [0.1, 0.15) is 49.7 Å². The highest BCUT2D eigenvalue weighted by Crippen LogP contribution is 2.39. The lowest BCUT2D eigenvalue weighted by Crippen LogP contribution is -2.45. The standard InChI is InChI=1S/C29H42N4O4S/c1-21-17-24(21)20-33(15-16-37-3)28-19-22(18-27(31-28)32(2)38(4,35)36)12-13-26(34)29-25(11-8-14-30-29)23-9-6-5-7-10-23/h5-7,9-10,18-19,21,24-25,29-30H,8,11-17,20H2,1-4H3/t21-,24+,25-,29-/m0/s1. The molecular formula is C29H42N4O4S. The van der Waals surface area contributed by atoms with Crippen molar-refractivity contribution in [2.24, 2.45) is 11.8 Å². The maximum Gasteiger partial charge on any atom is 0.233 e. The van der Waals surface area contributed by atoms with Gasteiger partial charge in [-0.15, -0.1) is 0 Å². The largest absolute Gasteiger partial charge is 0.383 e. The van der Waals surface area contributed by atoms with Crippen LogP contribution in [0.3, 0.4) is 0 Å². The lowest BCUT2D eigenvalue weighted by molar-refractivity contribution is -0.122. The van der Waals surface area contributed by atoms with E-state index in [4.69, 9.17) is 9.72 Å². The number of ether oxygens (including phenoxy) is 1. The Hall–Kier alpha value is -2.49. The van der Waals surface area contributed by atoms with Crippen LogP contribution in [0.2, 0.25) is 0 Å². The second kappa shape index (κ2) is 12.6. The van der Waals surface area contributed by atoms with E-state index in [1.54, 1.807) is 13.2 Å². The van der Waals surface area contributed by atoms with Crippen LogP contribution in [0, 0.1) is 11.8 Å². The molecule has 2 heterocycles. The lowest BCUT2D eigenvalue weighted by Gasteiger charge is -2.32.